The van der Waals surface area contributed by atoms with Crippen LogP contribution >= 0.6 is 0 Å². The second kappa shape index (κ2) is 7.95. The summed E-state index contributed by atoms with van der Waals surface area (Å²) in [6, 6.07) is 11.7. The van der Waals surface area contributed by atoms with Gasteiger partial charge in [-0.3, -0.25) is 4.79 Å². The van der Waals surface area contributed by atoms with Crippen molar-refractivity contribution in [2.75, 3.05) is 5.73 Å². The lowest BCUT2D eigenvalue weighted by Crippen LogP contribution is -2.27. The Balaban J connectivity index is 1.74. The van der Waals surface area contributed by atoms with E-state index in [0.29, 0.717) is 27.7 Å². The van der Waals surface area contributed by atoms with Gasteiger partial charge in [0.15, 0.2) is 17.2 Å². The number of aryl methyl sites for hydroxylation is 1. The van der Waals surface area contributed by atoms with Crippen molar-refractivity contribution in [2.45, 2.75) is 33.4 Å². The Morgan fingerprint density at radius 1 is 1.12 bits per heavy atom. The molecule has 0 radical (unpaired) electrons. The van der Waals surface area contributed by atoms with Gasteiger partial charge in [0, 0.05) is 17.3 Å². The molecule has 0 bridgehead atoms. The van der Waals surface area contributed by atoms with E-state index in [4.69, 9.17) is 10.8 Å². The number of nitrogen functional groups attached to an aromatic ring is 1. The molecule has 0 aliphatic heterocycles. The fourth-order valence-corrected chi connectivity index (χ4v) is 4.45. The second-order valence-corrected chi connectivity index (χ2v) is 8.57. The quantitative estimate of drug-likeness (QED) is 0.418. The average Bonchev–Trinajstić information content (AvgIpc) is 3.15. The number of rotatable bonds is 4. The predicted molar refractivity (Wildman–Crippen MR) is 129 cm³/mol. The highest BCUT2D eigenvalue weighted by molar-refractivity contribution is 5.98. The van der Waals surface area contributed by atoms with E-state index in [-0.39, 0.29) is 24.0 Å². The highest BCUT2D eigenvalue weighted by atomic mass is 19.1. The number of halogens is 1. The SMILES string of the molecule is Cc1cccc2cc(Cn3nc(-c4ccc(F)c(O)c4)c4c(N)ncnc43)n(C(C)C)c(=O)c12. The Morgan fingerprint density at radius 3 is 2.65 bits per heavy atom. The van der Waals surface area contributed by atoms with Gasteiger partial charge in [0.05, 0.1) is 17.3 Å². The molecule has 34 heavy (non-hydrogen) atoms. The Morgan fingerprint density at radius 2 is 1.91 bits per heavy atom. The summed E-state index contributed by atoms with van der Waals surface area (Å²) in [5.41, 5.74) is 9.14. The first-order valence-corrected chi connectivity index (χ1v) is 10.9. The Labute approximate surface area is 194 Å². The normalized spacial score (nSPS) is 11.7. The van der Waals surface area contributed by atoms with Crippen LogP contribution in [0.4, 0.5) is 10.2 Å². The van der Waals surface area contributed by atoms with Crippen molar-refractivity contribution in [3.05, 3.63) is 76.2 Å². The van der Waals surface area contributed by atoms with E-state index in [9.17, 15) is 14.3 Å². The van der Waals surface area contributed by atoms with Gasteiger partial charge in [0.1, 0.15) is 17.8 Å². The van der Waals surface area contributed by atoms with Crippen LogP contribution in [0, 0.1) is 12.7 Å². The van der Waals surface area contributed by atoms with Gasteiger partial charge in [-0.05, 0) is 56.0 Å². The number of nitrogens with zero attached hydrogens (tertiary/aromatic N) is 5. The highest BCUT2D eigenvalue weighted by Crippen LogP contribution is 2.33. The smallest absolute Gasteiger partial charge is 0.259 e. The van der Waals surface area contributed by atoms with Crippen LogP contribution in [0.1, 0.15) is 31.1 Å². The number of aromatic hydroxyl groups is 1. The minimum Gasteiger partial charge on any atom is -0.505 e. The number of anilines is 1. The van der Waals surface area contributed by atoms with Crippen LogP contribution in [0.2, 0.25) is 0 Å². The van der Waals surface area contributed by atoms with Gasteiger partial charge >= 0.3 is 0 Å². The molecule has 0 spiro atoms. The van der Waals surface area contributed by atoms with Gasteiger partial charge in [0.25, 0.3) is 5.56 Å². The summed E-state index contributed by atoms with van der Waals surface area (Å²) in [4.78, 5) is 21.9. The summed E-state index contributed by atoms with van der Waals surface area (Å²) in [5, 5.41) is 16.6. The molecule has 0 fully saturated rings. The van der Waals surface area contributed by atoms with Crippen molar-refractivity contribution in [3.63, 3.8) is 0 Å². The molecule has 172 valence electrons. The molecule has 3 N–H and O–H groups in total. The zero-order chi connectivity index (χ0) is 24.1. The molecular formula is C25H23FN6O2. The highest BCUT2D eigenvalue weighted by Gasteiger charge is 2.20. The van der Waals surface area contributed by atoms with Crippen LogP contribution in [-0.2, 0) is 6.54 Å². The molecule has 3 aromatic heterocycles. The predicted octanol–water partition coefficient (Wildman–Crippen LogP) is 4.17. The Bertz CT molecular complexity index is 1640. The molecule has 5 rings (SSSR count). The minimum atomic E-state index is -0.732. The number of benzene rings is 2. The van der Waals surface area contributed by atoms with Gasteiger partial charge in [-0.15, -0.1) is 0 Å². The molecule has 5 aromatic rings. The summed E-state index contributed by atoms with van der Waals surface area (Å²) in [7, 11) is 0. The molecule has 3 heterocycles. The third-order valence-electron chi connectivity index (χ3n) is 5.98. The topological polar surface area (TPSA) is 112 Å². The van der Waals surface area contributed by atoms with Crippen LogP contribution in [0.15, 0.2) is 53.6 Å². The van der Waals surface area contributed by atoms with Crippen LogP contribution in [0.25, 0.3) is 33.1 Å². The van der Waals surface area contributed by atoms with E-state index in [0.717, 1.165) is 22.7 Å². The molecule has 2 aromatic carbocycles. The second-order valence-electron chi connectivity index (χ2n) is 8.57. The number of hydrogen-bond donors (Lipinski definition) is 2. The van der Waals surface area contributed by atoms with Gasteiger partial charge in [-0.2, -0.15) is 5.10 Å². The van der Waals surface area contributed by atoms with E-state index >= 15 is 0 Å². The van der Waals surface area contributed by atoms with Crippen molar-refractivity contribution >= 4 is 27.6 Å². The fourth-order valence-electron chi connectivity index (χ4n) is 4.45. The molecule has 0 aliphatic rings. The van der Waals surface area contributed by atoms with Crippen molar-refractivity contribution < 1.29 is 9.50 Å². The van der Waals surface area contributed by atoms with E-state index in [1.165, 1.54) is 18.5 Å². The maximum absolute atomic E-state index is 13.7. The first-order chi connectivity index (χ1) is 16.3. The van der Waals surface area contributed by atoms with Crippen LogP contribution in [0.5, 0.6) is 5.75 Å². The minimum absolute atomic E-state index is 0.0603. The summed E-state index contributed by atoms with van der Waals surface area (Å²) in [5.74, 6) is -1.01. The number of aromatic nitrogens is 5. The van der Waals surface area contributed by atoms with Crippen molar-refractivity contribution in [1.29, 1.82) is 0 Å². The van der Waals surface area contributed by atoms with Crippen molar-refractivity contribution in [1.82, 2.24) is 24.3 Å². The molecule has 0 amide bonds. The standard InChI is InChI=1S/C25H23FN6O2/c1-13(2)32-17(9-15-6-4-5-14(3)20(15)25(32)34)11-31-24-21(23(27)28-12-29-24)22(30-31)16-7-8-18(26)19(33)10-16/h4-10,12-13,33H,11H2,1-3H3,(H2,27,28,29). The third kappa shape index (κ3) is 3.37. The van der Waals surface area contributed by atoms with Crippen LogP contribution in [-0.4, -0.2) is 29.4 Å². The number of phenols is 1. The molecule has 8 nitrogen and oxygen atoms in total. The van der Waals surface area contributed by atoms with Crippen molar-refractivity contribution in [3.8, 4) is 17.0 Å². The number of nitrogens with two attached hydrogens (primary N) is 1. The first kappa shape index (κ1) is 21.6. The largest absolute Gasteiger partial charge is 0.505 e. The zero-order valence-electron chi connectivity index (χ0n) is 19.0. The van der Waals surface area contributed by atoms with Gasteiger partial charge in [0.2, 0.25) is 0 Å². The summed E-state index contributed by atoms with van der Waals surface area (Å²) >= 11 is 0. The Kier molecular flexibility index (Phi) is 5.04. The van der Waals surface area contributed by atoms with Crippen molar-refractivity contribution in [2.24, 2.45) is 0 Å². The molecule has 0 atom stereocenters. The van der Waals surface area contributed by atoms with E-state index in [1.54, 1.807) is 9.25 Å². The van der Waals surface area contributed by atoms with E-state index < -0.39 is 11.6 Å². The lowest BCUT2D eigenvalue weighted by Gasteiger charge is -2.18. The maximum atomic E-state index is 13.7. The lowest BCUT2D eigenvalue weighted by molar-refractivity contribution is 0.432. The molecule has 9 heteroatoms. The number of fused-ring (bicyclic) bond motifs is 2. The van der Waals surface area contributed by atoms with Crippen LogP contribution in [0.3, 0.4) is 0 Å². The zero-order valence-corrected chi connectivity index (χ0v) is 19.0. The first-order valence-electron chi connectivity index (χ1n) is 10.9. The van der Waals surface area contributed by atoms with Gasteiger partial charge < -0.3 is 15.4 Å². The fraction of sp³-hybridized carbons (Fsp3) is 0.200. The number of pyridine rings is 1. The lowest BCUT2D eigenvalue weighted by atomic mass is 10.1. The van der Waals surface area contributed by atoms with Gasteiger partial charge in [-0.1, -0.05) is 18.2 Å². The molecule has 0 aliphatic carbocycles. The summed E-state index contributed by atoms with van der Waals surface area (Å²) < 4.78 is 17.1. The third-order valence-corrected chi connectivity index (χ3v) is 5.98. The summed E-state index contributed by atoms with van der Waals surface area (Å²) in [6.45, 7) is 6.10. The van der Waals surface area contributed by atoms with Gasteiger partial charge in [-0.25, -0.2) is 19.0 Å². The van der Waals surface area contributed by atoms with E-state index in [2.05, 4.69) is 9.97 Å². The average molecular weight is 458 g/mol. The molecular weight excluding hydrogens is 435 g/mol. The summed E-state index contributed by atoms with van der Waals surface area (Å²) in [6.07, 6.45) is 1.35. The Hall–Kier alpha value is -4.27. The van der Waals surface area contributed by atoms with Crippen LogP contribution < -0.4 is 11.3 Å². The maximum Gasteiger partial charge on any atom is 0.259 e. The molecule has 0 saturated carbocycles. The monoisotopic (exact) mass is 458 g/mol. The van der Waals surface area contributed by atoms with E-state index in [1.807, 2.05) is 45.0 Å². The molecule has 0 saturated heterocycles. The molecule has 0 unspecified atom stereocenters. The number of phenolic OH excluding ortho intramolecular Hbond substituents is 1. The number of hydrogen-bond acceptors (Lipinski definition) is 6.